The van der Waals surface area contributed by atoms with E-state index in [9.17, 15) is 18.0 Å². The van der Waals surface area contributed by atoms with Gasteiger partial charge in [-0.05, 0) is 24.1 Å². The summed E-state index contributed by atoms with van der Waals surface area (Å²) in [6.45, 7) is 4.07. The molecule has 0 spiro atoms. The second kappa shape index (κ2) is 6.32. The quantitative estimate of drug-likeness (QED) is 0.809. The highest BCUT2D eigenvalue weighted by Gasteiger charge is 2.35. The third-order valence-electron chi connectivity index (χ3n) is 2.76. The lowest BCUT2D eigenvalue weighted by Crippen LogP contribution is -2.12. The van der Waals surface area contributed by atoms with Gasteiger partial charge in [0.05, 0.1) is 11.1 Å². The minimum atomic E-state index is -4.65. The monoisotopic (exact) mass is 292 g/mol. The van der Waals surface area contributed by atoms with Crippen molar-refractivity contribution >= 4 is 17.7 Å². The van der Waals surface area contributed by atoms with Crippen LogP contribution in [0, 0.1) is 5.92 Å². The summed E-state index contributed by atoms with van der Waals surface area (Å²) in [5.74, 6) is -0.375. The molecule has 1 N–H and O–H groups in total. The van der Waals surface area contributed by atoms with Crippen molar-refractivity contribution in [3.05, 3.63) is 29.3 Å². The van der Waals surface area contributed by atoms with Gasteiger partial charge in [0.15, 0.2) is 0 Å². The van der Waals surface area contributed by atoms with E-state index in [0.717, 1.165) is 24.3 Å². The minimum Gasteiger partial charge on any atom is -0.478 e. The number of carbonyl (C=O) groups is 1. The zero-order chi connectivity index (χ0) is 14.6. The summed E-state index contributed by atoms with van der Waals surface area (Å²) in [4.78, 5) is 11.5. The molecule has 0 aliphatic heterocycles. The number of aromatic carboxylic acids is 1. The Labute approximate surface area is 114 Å². The lowest BCUT2D eigenvalue weighted by molar-refractivity contribution is -0.138. The van der Waals surface area contributed by atoms with E-state index in [2.05, 4.69) is 0 Å². The van der Waals surface area contributed by atoms with Gasteiger partial charge >= 0.3 is 12.1 Å². The largest absolute Gasteiger partial charge is 0.478 e. The molecule has 0 heterocycles. The van der Waals surface area contributed by atoms with Crippen LogP contribution in [0.3, 0.4) is 0 Å². The van der Waals surface area contributed by atoms with Crippen molar-refractivity contribution in [2.24, 2.45) is 5.92 Å². The third-order valence-corrected chi connectivity index (χ3v) is 4.08. The standard InChI is InChI=1S/C13H15F3O2S/c1-3-8(2)7-19-9-4-5-11(13(14,15)16)10(6-9)12(17)18/h4-6,8H,3,7H2,1-2H3,(H,17,18). The number of carboxylic acids is 1. The minimum absolute atomic E-state index is 0.431. The van der Waals surface area contributed by atoms with Gasteiger partial charge in [0.25, 0.3) is 0 Å². The molecule has 0 aliphatic carbocycles. The molecule has 0 aromatic heterocycles. The molecule has 0 amide bonds. The SMILES string of the molecule is CCC(C)CSc1ccc(C(F)(F)F)c(C(=O)O)c1. The molecule has 106 valence electrons. The van der Waals surface area contributed by atoms with Gasteiger partial charge in [0, 0.05) is 10.6 Å². The van der Waals surface area contributed by atoms with Gasteiger partial charge in [-0.3, -0.25) is 0 Å². The van der Waals surface area contributed by atoms with E-state index in [1.54, 1.807) is 0 Å². The van der Waals surface area contributed by atoms with Crippen LogP contribution in [0.2, 0.25) is 0 Å². The first kappa shape index (κ1) is 15.9. The lowest BCUT2D eigenvalue weighted by atomic mass is 10.1. The van der Waals surface area contributed by atoms with Crippen LogP contribution in [0.15, 0.2) is 23.1 Å². The Morgan fingerprint density at radius 2 is 2.05 bits per heavy atom. The first-order valence-electron chi connectivity index (χ1n) is 5.83. The molecule has 0 fully saturated rings. The van der Waals surface area contributed by atoms with Crippen LogP contribution in [0.4, 0.5) is 13.2 Å². The Morgan fingerprint density at radius 3 is 2.53 bits per heavy atom. The second-order valence-electron chi connectivity index (χ2n) is 4.33. The third kappa shape index (κ3) is 4.45. The summed E-state index contributed by atoms with van der Waals surface area (Å²) < 4.78 is 37.9. The highest BCUT2D eigenvalue weighted by Crippen LogP contribution is 2.34. The molecule has 1 rings (SSSR count). The topological polar surface area (TPSA) is 37.3 Å². The van der Waals surface area contributed by atoms with Crippen molar-refractivity contribution < 1.29 is 23.1 Å². The van der Waals surface area contributed by atoms with Crippen LogP contribution in [0.5, 0.6) is 0 Å². The van der Waals surface area contributed by atoms with E-state index in [1.807, 2.05) is 13.8 Å². The van der Waals surface area contributed by atoms with Gasteiger partial charge < -0.3 is 5.11 Å². The van der Waals surface area contributed by atoms with Gasteiger partial charge in [-0.15, -0.1) is 11.8 Å². The Hall–Kier alpha value is -1.17. The predicted octanol–water partition coefficient (Wildman–Crippen LogP) is 4.54. The molecule has 2 nitrogen and oxygen atoms in total. The van der Waals surface area contributed by atoms with Crippen molar-refractivity contribution in [3.8, 4) is 0 Å². The number of thioether (sulfide) groups is 1. The van der Waals surface area contributed by atoms with Crippen LogP contribution in [0.25, 0.3) is 0 Å². The molecule has 0 saturated carbocycles. The van der Waals surface area contributed by atoms with Crippen LogP contribution in [0.1, 0.15) is 36.2 Å². The summed E-state index contributed by atoms with van der Waals surface area (Å²) >= 11 is 1.37. The van der Waals surface area contributed by atoms with Gasteiger partial charge in [-0.1, -0.05) is 20.3 Å². The number of rotatable bonds is 5. The van der Waals surface area contributed by atoms with Crippen molar-refractivity contribution in [2.45, 2.75) is 31.3 Å². The highest BCUT2D eigenvalue weighted by atomic mass is 32.2. The van der Waals surface area contributed by atoms with E-state index in [4.69, 9.17) is 5.11 Å². The Morgan fingerprint density at radius 1 is 1.42 bits per heavy atom. The van der Waals surface area contributed by atoms with Gasteiger partial charge in [-0.2, -0.15) is 13.2 Å². The first-order valence-corrected chi connectivity index (χ1v) is 6.81. The molecule has 0 bridgehead atoms. The summed E-state index contributed by atoms with van der Waals surface area (Å²) in [5, 5.41) is 8.87. The number of carboxylic acid groups (broad SMARTS) is 1. The van der Waals surface area contributed by atoms with Crippen molar-refractivity contribution in [2.75, 3.05) is 5.75 Å². The van der Waals surface area contributed by atoms with Gasteiger partial charge in [0.2, 0.25) is 0 Å². The molecular formula is C13H15F3O2S. The number of halogens is 3. The Bertz CT molecular complexity index is 458. The molecule has 1 aromatic rings. The maximum absolute atomic E-state index is 12.6. The number of alkyl halides is 3. The number of hydrogen-bond acceptors (Lipinski definition) is 2. The molecule has 1 atom stereocenters. The van der Waals surface area contributed by atoms with Crippen LogP contribution < -0.4 is 0 Å². The first-order chi connectivity index (χ1) is 8.75. The fourth-order valence-corrected chi connectivity index (χ4v) is 2.47. The van der Waals surface area contributed by atoms with Gasteiger partial charge in [0.1, 0.15) is 0 Å². The summed E-state index contributed by atoms with van der Waals surface area (Å²) in [6, 6.07) is 3.25. The van der Waals surface area contributed by atoms with E-state index in [0.29, 0.717) is 10.8 Å². The van der Waals surface area contributed by atoms with Crippen molar-refractivity contribution in [3.63, 3.8) is 0 Å². The van der Waals surface area contributed by atoms with Crippen molar-refractivity contribution in [1.29, 1.82) is 0 Å². The zero-order valence-electron chi connectivity index (χ0n) is 10.6. The molecule has 0 saturated heterocycles. The average molecular weight is 292 g/mol. The van der Waals surface area contributed by atoms with Crippen molar-refractivity contribution in [1.82, 2.24) is 0 Å². The maximum atomic E-state index is 12.6. The normalized spacial score (nSPS) is 13.3. The Kier molecular flexibility index (Phi) is 5.29. The molecule has 1 aromatic carbocycles. The lowest BCUT2D eigenvalue weighted by Gasteiger charge is -2.12. The molecule has 19 heavy (non-hydrogen) atoms. The Balaban J connectivity index is 3.00. The molecule has 0 radical (unpaired) electrons. The molecule has 6 heteroatoms. The fraction of sp³-hybridized carbons (Fsp3) is 0.462. The number of hydrogen-bond donors (Lipinski definition) is 1. The number of benzene rings is 1. The highest BCUT2D eigenvalue weighted by molar-refractivity contribution is 7.99. The van der Waals surface area contributed by atoms with E-state index in [-0.39, 0.29) is 0 Å². The van der Waals surface area contributed by atoms with E-state index in [1.165, 1.54) is 17.8 Å². The molecule has 1 unspecified atom stereocenters. The predicted molar refractivity (Wildman–Crippen MR) is 68.6 cm³/mol. The zero-order valence-corrected chi connectivity index (χ0v) is 11.4. The molecular weight excluding hydrogens is 277 g/mol. The fourth-order valence-electron chi connectivity index (χ4n) is 1.39. The van der Waals surface area contributed by atoms with E-state index >= 15 is 0 Å². The second-order valence-corrected chi connectivity index (χ2v) is 5.43. The van der Waals surface area contributed by atoms with Crippen LogP contribution >= 0.6 is 11.8 Å². The van der Waals surface area contributed by atoms with Crippen LogP contribution in [-0.4, -0.2) is 16.8 Å². The van der Waals surface area contributed by atoms with Crippen LogP contribution in [-0.2, 0) is 6.18 Å². The summed E-state index contributed by atoms with van der Waals surface area (Å²) in [6.07, 6.45) is -3.67. The summed E-state index contributed by atoms with van der Waals surface area (Å²) in [5.41, 5.74) is -1.80. The molecule has 0 aliphatic rings. The average Bonchev–Trinajstić information content (AvgIpc) is 2.34. The summed E-state index contributed by atoms with van der Waals surface area (Å²) in [7, 11) is 0. The van der Waals surface area contributed by atoms with E-state index < -0.39 is 23.3 Å². The smallest absolute Gasteiger partial charge is 0.417 e. The van der Waals surface area contributed by atoms with Gasteiger partial charge in [-0.25, -0.2) is 4.79 Å². The maximum Gasteiger partial charge on any atom is 0.417 e.